The van der Waals surface area contributed by atoms with Crippen LogP contribution in [0.4, 0.5) is 0 Å². The molecule has 0 radical (unpaired) electrons. The number of morpholine rings is 1. The summed E-state index contributed by atoms with van der Waals surface area (Å²) < 4.78 is 46.2. The van der Waals surface area contributed by atoms with Crippen LogP contribution in [0.1, 0.15) is 112 Å². The van der Waals surface area contributed by atoms with E-state index in [1.165, 1.54) is 26.2 Å². The Morgan fingerprint density at radius 1 is 1.02 bits per heavy atom. The van der Waals surface area contributed by atoms with Gasteiger partial charge in [-0.2, -0.15) is 4.31 Å². The lowest BCUT2D eigenvalue weighted by molar-refractivity contribution is -0.248. The number of hydrogen-bond acceptors (Lipinski definition) is 8. The third-order valence-corrected chi connectivity index (χ3v) is 18.6. The number of carbonyl (C=O) groups excluding carboxylic acids is 1. The highest BCUT2D eigenvalue weighted by molar-refractivity contribution is 7.88. The second-order valence-electron chi connectivity index (χ2n) is 19.9. The van der Waals surface area contributed by atoms with Crippen molar-refractivity contribution in [3.8, 4) is 0 Å². The molecule has 0 aromatic heterocycles. The van der Waals surface area contributed by atoms with Gasteiger partial charge in [-0.15, -0.1) is 0 Å². The van der Waals surface area contributed by atoms with Crippen LogP contribution in [0.5, 0.6) is 0 Å². The Morgan fingerprint density at radius 2 is 1.71 bits per heavy atom. The van der Waals surface area contributed by atoms with Crippen LogP contribution in [0.2, 0.25) is 0 Å². The Balaban J connectivity index is 0.993. The smallest absolute Gasteiger partial charge is 0.321 e. The lowest BCUT2D eigenvalue weighted by Gasteiger charge is -2.64. The lowest BCUT2D eigenvalue weighted by atomic mass is 9.41. The molecule has 6 aliphatic carbocycles. The molecule has 6 saturated carbocycles. The second-order valence-corrected chi connectivity index (χ2v) is 21.8. The van der Waals surface area contributed by atoms with E-state index >= 15 is 0 Å². The van der Waals surface area contributed by atoms with Crippen LogP contribution in [0.25, 0.3) is 0 Å². The van der Waals surface area contributed by atoms with Gasteiger partial charge in [-0.1, -0.05) is 34.6 Å². The number of amides is 1. The first-order chi connectivity index (χ1) is 24.3. The molecule has 294 valence electrons. The zero-order valence-electron chi connectivity index (χ0n) is 32.5. The summed E-state index contributed by atoms with van der Waals surface area (Å²) in [5.41, 5.74) is -0.123. The van der Waals surface area contributed by atoms with Gasteiger partial charge in [0.2, 0.25) is 15.9 Å². The van der Waals surface area contributed by atoms with E-state index in [4.69, 9.17) is 14.2 Å². The summed E-state index contributed by atoms with van der Waals surface area (Å²) in [7, 11) is -3.79. The maximum atomic E-state index is 12.9. The van der Waals surface area contributed by atoms with Crippen molar-refractivity contribution in [3.63, 3.8) is 0 Å². The zero-order valence-corrected chi connectivity index (χ0v) is 33.3. The largest absolute Gasteiger partial charge is 0.480 e. The number of carbonyl (C=O) groups is 2. The average molecular weight is 749 g/mol. The Bertz CT molecular complexity index is 1570. The van der Waals surface area contributed by atoms with E-state index in [-0.39, 0.29) is 63.8 Å². The van der Waals surface area contributed by atoms with Crippen LogP contribution < -0.4 is 0 Å². The number of aliphatic hydroxyl groups is 1. The third kappa shape index (κ3) is 5.36. The number of carboxylic acids is 1. The topological polar surface area (TPSA) is 143 Å². The number of fused-ring (bicyclic) bond motifs is 4. The molecule has 0 bridgehead atoms. The van der Waals surface area contributed by atoms with E-state index in [1.807, 2.05) is 4.90 Å². The molecule has 52 heavy (non-hydrogen) atoms. The summed E-state index contributed by atoms with van der Waals surface area (Å²) in [6.07, 6.45) is 10.4. The minimum absolute atomic E-state index is 0.0306. The Morgan fingerprint density at radius 3 is 2.38 bits per heavy atom. The molecule has 8 rings (SSSR count). The Kier molecular flexibility index (Phi) is 8.93. The normalized spacial score (nSPS) is 48.5. The van der Waals surface area contributed by atoms with Crippen molar-refractivity contribution < 1.29 is 42.4 Å². The number of carboxylic acid groups (broad SMARTS) is 1. The first kappa shape index (κ1) is 37.6. The Hall–Kier alpha value is -1.31. The molecular weight excluding hydrogens is 685 g/mol. The van der Waals surface area contributed by atoms with Gasteiger partial charge in [-0.05, 0) is 122 Å². The molecule has 1 amide bonds. The van der Waals surface area contributed by atoms with Gasteiger partial charge in [0.25, 0.3) is 0 Å². The van der Waals surface area contributed by atoms with Gasteiger partial charge in [0, 0.05) is 24.9 Å². The molecule has 0 aromatic rings. The van der Waals surface area contributed by atoms with Gasteiger partial charge in [-0.3, -0.25) is 9.59 Å². The van der Waals surface area contributed by atoms with Crippen molar-refractivity contribution in [3.05, 3.63) is 0 Å². The van der Waals surface area contributed by atoms with Crippen LogP contribution in [0.15, 0.2) is 0 Å². The summed E-state index contributed by atoms with van der Waals surface area (Å²) in [6.45, 7) is 14.9. The van der Waals surface area contributed by atoms with Crippen molar-refractivity contribution in [1.82, 2.24) is 9.21 Å². The summed E-state index contributed by atoms with van der Waals surface area (Å²) in [6, 6.07) is -1.20. The highest BCUT2D eigenvalue weighted by atomic mass is 32.2. The van der Waals surface area contributed by atoms with Crippen LogP contribution in [0.3, 0.4) is 0 Å². The van der Waals surface area contributed by atoms with E-state index < -0.39 is 40.3 Å². The zero-order chi connectivity index (χ0) is 37.4. The fourth-order valence-corrected chi connectivity index (χ4v) is 15.6. The SMILES string of the molecule is CC1CC(CN(C(C)C(=O)O)S(C)(=O)=O)OC2C1C1(C)CCC34CC35CCC(OC3CN(C(=O)CC6CC6)CCO3)C(C)(C)C5CCC4C1(C)C2O. The standard InChI is InChI=1S/C40H64N2O9S/c1-23-18-26(20-42(52(7,47)48)24(2)35(45)46)50-33-32(23)37(5)14-15-40-22-39(40)13-12-29(36(3,4)27(39)10-11-28(40)38(37,6)34(33)44)51-31-21-41(16-17-49-31)30(43)19-25-8-9-25/h23-29,31-34,44H,8-22H2,1-7H3,(H,45,46). The van der Waals surface area contributed by atoms with E-state index in [0.717, 1.165) is 49.1 Å². The van der Waals surface area contributed by atoms with Crippen LogP contribution in [-0.4, -0.2) is 109 Å². The van der Waals surface area contributed by atoms with Crippen LogP contribution >= 0.6 is 0 Å². The number of hydrogen-bond donors (Lipinski definition) is 2. The van der Waals surface area contributed by atoms with Gasteiger partial charge in [0.15, 0.2) is 6.29 Å². The van der Waals surface area contributed by atoms with Crippen LogP contribution in [-0.2, 0) is 33.8 Å². The molecule has 11 nitrogen and oxygen atoms in total. The molecule has 2 spiro atoms. The number of aliphatic carboxylic acids is 1. The Labute approximate surface area is 310 Å². The number of ether oxygens (including phenoxy) is 3. The summed E-state index contributed by atoms with van der Waals surface area (Å²) in [4.78, 5) is 26.7. The van der Waals surface area contributed by atoms with Gasteiger partial charge in [0.05, 0.1) is 43.8 Å². The monoisotopic (exact) mass is 748 g/mol. The van der Waals surface area contributed by atoms with Gasteiger partial charge in [-0.25, -0.2) is 8.42 Å². The highest BCUT2D eigenvalue weighted by Crippen LogP contribution is 2.89. The minimum Gasteiger partial charge on any atom is -0.480 e. The van der Waals surface area contributed by atoms with E-state index in [0.29, 0.717) is 50.3 Å². The van der Waals surface area contributed by atoms with E-state index in [1.54, 1.807) is 0 Å². The molecule has 8 fully saturated rings. The van der Waals surface area contributed by atoms with Crippen molar-refractivity contribution in [2.24, 2.45) is 56.7 Å². The fourth-order valence-electron chi connectivity index (χ4n) is 14.5. The van der Waals surface area contributed by atoms with Crippen LogP contribution in [0, 0.1) is 56.7 Å². The number of rotatable bonds is 9. The maximum Gasteiger partial charge on any atom is 0.321 e. The number of nitrogens with zero attached hydrogens (tertiary/aromatic N) is 2. The van der Waals surface area contributed by atoms with Gasteiger partial charge in [0.1, 0.15) is 6.04 Å². The molecule has 12 heteroatoms. The summed E-state index contributed by atoms with van der Waals surface area (Å²) in [5.74, 6) is 0.835. The quantitative estimate of drug-likeness (QED) is 0.337. The van der Waals surface area contributed by atoms with Gasteiger partial charge < -0.3 is 29.3 Å². The van der Waals surface area contributed by atoms with Gasteiger partial charge >= 0.3 is 5.97 Å². The van der Waals surface area contributed by atoms with E-state index in [2.05, 4.69) is 34.6 Å². The summed E-state index contributed by atoms with van der Waals surface area (Å²) in [5, 5.41) is 22.2. The minimum atomic E-state index is -3.79. The molecule has 2 aliphatic heterocycles. The molecule has 0 aromatic carbocycles. The third-order valence-electron chi connectivity index (χ3n) is 17.3. The highest BCUT2D eigenvalue weighted by Gasteiger charge is 2.84. The lowest BCUT2D eigenvalue weighted by Crippen LogP contribution is -2.60. The molecule has 14 atom stereocenters. The average Bonchev–Trinajstić information content (AvgIpc) is 3.99. The molecule has 2 N–H and O–H groups in total. The molecule has 2 saturated heterocycles. The number of aliphatic hydroxyl groups excluding tert-OH is 1. The maximum absolute atomic E-state index is 12.9. The van der Waals surface area contributed by atoms with Crippen molar-refractivity contribution in [2.45, 2.75) is 149 Å². The van der Waals surface area contributed by atoms with Crippen molar-refractivity contribution in [1.29, 1.82) is 0 Å². The first-order valence-electron chi connectivity index (χ1n) is 20.4. The van der Waals surface area contributed by atoms with Crippen molar-refractivity contribution >= 4 is 21.9 Å². The molecule has 8 aliphatic rings. The van der Waals surface area contributed by atoms with Crippen molar-refractivity contribution in [2.75, 3.05) is 32.5 Å². The first-order valence-corrected chi connectivity index (χ1v) is 22.2. The predicted molar refractivity (Wildman–Crippen MR) is 193 cm³/mol. The van der Waals surface area contributed by atoms with E-state index in [9.17, 15) is 28.2 Å². The molecular formula is C40H64N2O9S. The fraction of sp³-hybridized carbons (Fsp3) is 0.950. The molecule has 14 unspecified atom stereocenters. The second kappa shape index (κ2) is 12.3. The molecule has 2 heterocycles. The predicted octanol–water partition coefficient (Wildman–Crippen LogP) is 4.90. The summed E-state index contributed by atoms with van der Waals surface area (Å²) >= 11 is 0. The number of sulfonamides is 1.